The summed E-state index contributed by atoms with van der Waals surface area (Å²) >= 11 is 0. The molecule has 0 aliphatic carbocycles. The van der Waals surface area contributed by atoms with Gasteiger partial charge in [0.1, 0.15) is 0 Å². The largest absolute Gasteiger partial charge is 0.332 e. The van der Waals surface area contributed by atoms with Gasteiger partial charge in [-0.1, -0.05) is 30.3 Å². The first-order valence-electron chi connectivity index (χ1n) is 10.3. The van der Waals surface area contributed by atoms with Crippen molar-refractivity contribution in [3.05, 3.63) is 65.2 Å². The zero-order valence-corrected chi connectivity index (χ0v) is 16.9. The molecule has 6 nitrogen and oxygen atoms in total. The number of benzene rings is 1. The standard InChI is InChI=1S/C23H25N5O/c1-15-12-16(2)27(26-15)11-10-22(29)28-18-8-9-21(28)19-14-24-23(25-20(19)13-18)17-6-4-3-5-7-17/h3-7,12,14,18,21H,8-11,13H2,1-2H3/t18-,21+/m0/s1. The van der Waals surface area contributed by atoms with Crippen molar-refractivity contribution >= 4 is 5.91 Å². The highest BCUT2D eigenvalue weighted by Gasteiger charge is 2.43. The number of hydrogen-bond acceptors (Lipinski definition) is 4. The molecular formula is C23H25N5O. The molecule has 2 bridgehead atoms. The predicted octanol–water partition coefficient (Wildman–Crippen LogP) is 3.64. The van der Waals surface area contributed by atoms with Gasteiger partial charge in [-0.2, -0.15) is 5.10 Å². The molecule has 0 saturated carbocycles. The Bertz CT molecular complexity index is 1060. The van der Waals surface area contributed by atoms with E-state index in [1.165, 1.54) is 0 Å². The van der Waals surface area contributed by atoms with E-state index in [-0.39, 0.29) is 18.0 Å². The summed E-state index contributed by atoms with van der Waals surface area (Å²) in [7, 11) is 0. The molecule has 4 heterocycles. The highest BCUT2D eigenvalue weighted by molar-refractivity contribution is 5.78. The Morgan fingerprint density at radius 3 is 2.76 bits per heavy atom. The van der Waals surface area contributed by atoms with Gasteiger partial charge in [-0.05, 0) is 32.8 Å². The second-order valence-corrected chi connectivity index (χ2v) is 8.11. The molecule has 148 valence electrons. The molecule has 2 aromatic heterocycles. The van der Waals surface area contributed by atoms with Gasteiger partial charge in [-0.15, -0.1) is 0 Å². The van der Waals surface area contributed by atoms with Crippen molar-refractivity contribution in [1.82, 2.24) is 24.6 Å². The summed E-state index contributed by atoms with van der Waals surface area (Å²) in [5.74, 6) is 0.982. The third kappa shape index (κ3) is 3.22. The van der Waals surface area contributed by atoms with Gasteiger partial charge in [-0.3, -0.25) is 9.48 Å². The summed E-state index contributed by atoms with van der Waals surface area (Å²) < 4.78 is 1.93. The summed E-state index contributed by atoms with van der Waals surface area (Å²) in [4.78, 5) is 24.7. The van der Waals surface area contributed by atoms with E-state index in [2.05, 4.69) is 15.0 Å². The number of aryl methyl sites for hydroxylation is 3. The Morgan fingerprint density at radius 2 is 2.00 bits per heavy atom. The maximum absolute atomic E-state index is 13.1. The number of carbonyl (C=O) groups is 1. The lowest BCUT2D eigenvalue weighted by molar-refractivity contribution is -0.135. The van der Waals surface area contributed by atoms with E-state index in [0.717, 1.165) is 53.3 Å². The highest BCUT2D eigenvalue weighted by atomic mass is 16.2. The fourth-order valence-electron chi connectivity index (χ4n) is 4.82. The number of nitrogens with zero attached hydrogens (tertiary/aromatic N) is 5. The lowest BCUT2D eigenvalue weighted by atomic mass is 9.98. The Morgan fingerprint density at radius 1 is 1.17 bits per heavy atom. The van der Waals surface area contributed by atoms with Crippen LogP contribution in [-0.2, 0) is 17.8 Å². The Kier molecular flexibility index (Phi) is 4.42. The van der Waals surface area contributed by atoms with Crippen LogP contribution in [0.4, 0.5) is 0 Å². The van der Waals surface area contributed by atoms with Crippen molar-refractivity contribution in [2.45, 2.75) is 58.2 Å². The summed E-state index contributed by atoms with van der Waals surface area (Å²) in [6, 6.07) is 12.5. The molecule has 1 fully saturated rings. The monoisotopic (exact) mass is 387 g/mol. The van der Waals surface area contributed by atoms with Crippen LogP contribution in [0.1, 0.15) is 47.9 Å². The Hall–Kier alpha value is -3.02. The molecule has 1 saturated heterocycles. The van der Waals surface area contributed by atoms with Crippen LogP contribution in [0, 0.1) is 13.8 Å². The second-order valence-electron chi connectivity index (χ2n) is 8.11. The van der Waals surface area contributed by atoms with Crippen molar-refractivity contribution < 1.29 is 4.79 Å². The zero-order valence-electron chi connectivity index (χ0n) is 16.9. The molecule has 0 N–H and O–H groups in total. The molecule has 5 rings (SSSR count). The summed E-state index contributed by atoms with van der Waals surface area (Å²) in [6.07, 6.45) is 5.27. The van der Waals surface area contributed by atoms with Gasteiger partial charge in [-0.25, -0.2) is 9.97 Å². The van der Waals surface area contributed by atoms with Crippen molar-refractivity contribution in [1.29, 1.82) is 0 Å². The first-order valence-corrected chi connectivity index (χ1v) is 10.3. The molecule has 6 heteroatoms. The molecule has 3 aromatic rings. The van der Waals surface area contributed by atoms with Crippen LogP contribution in [0.2, 0.25) is 0 Å². The topological polar surface area (TPSA) is 63.9 Å². The fraction of sp³-hybridized carbons (Fsp3) is 0.391. The first kappa shape index (κ1) is 18.0. The van der Waals surface area contributed by atoms with E-state index in [0.29, 0.717) is 13.0 Å². The molecule has 2 atom stereocenters. The average molecular weight is 387 g/mol. The maximum Gasteiger partial charge on any atom is 0.225 e. The minimum Gasteiger partial charge on any atom is -0.332 e. The quantitative estimate of drug-likeness (QED) is 0.686. The van der Waals surface area contributed by atoms with Gasteiger partial charge in [0, 0.05) is 48.4 Å². The minimum absolute atomic E-state index is 0.113. The molecule has 29 heavy (non-hydrogen) atoms. The number of rotatable bonds is 4. The van der Waals surface area contributed by atoms with Gasteiger partial charge in [0.05, 0.1) is 17.4 Å². The van der Waals surface area contributed by atoms with Crippen molar-refractivity contribution in [3.8, 4) is 11.4 Å². The average Bonchev–Trinajstić information content (AvgIpc) is 3.23. The molecule has 0 radical (unpaired) electrons. The number of amides is 1. The van der Waals surface area contributed by atoms with Crippen LogP contribution in [0.5, 0.6) is 0 Å². The smallest absolute Gasteiger partial charge is 0.225 e. The Labute approximate surface area is 170 Å². The summed E-state index contributed by atoms with van der Waals surface area (Å²) in [5.41, 5.74) is 5.36. The van der Waals surface area contributed by atoms with Crippen molar-refractivity contribution in [2.75, 3.05) is 0 Å². The molecule has 2 aliphatic rings. The summed E-state index contributed by atoms with van der Waals surface area (Å²) in [5, 5.41) is 4.48. The van der Waals surface area contributed by atoms with Crippen LogP contribution in [0.15, 0.2) is 42.6 Å². The van der Waals surface area contributed by atoms with Gasteiger partial charge in [0.25, 0.3) is 0 Å². The molecule has 1 amide bonds. The fourth-order valence-corrected chi connectivity index (χ4v) is 4.82. The lowest BCUT2D eigenvalue weighted by Gasteiger charge is -2.36. The molecule has 1 aromatic carbocycles. The van der Waals surface area contributed by atoms with Gasteiger partial charge >= 0.3 is 0 Å². The minimum atomic E-state index is 0.113. The predicted molar refractivity (Wildman–Crippen MR) is 110 cm³/mol. The van der Waals surface area contributed by atoms with Gasteiger partial charge < -0.3 is 4.90 Å². The number of hydrogen-bond donors (Lipinski definition) is 0. The first-order chi connectivity index (χ1) is 14.1. The zero-order chi connectivity index (χ0) is 20.0. The van der Waals surface area contributed by atoms with E-state index in [1.54, 1.807) is 0 Å². The van der Waals surface area contributed by atoms with E-state index in [4.69, 9.17) is 4.98 Å². The number of aromatic nitrogens is 4. The summed E-state index contributed by atoms with van der Waals surface area (Å²) in [6.45, 7) is 4.65. The molecule has 2 aliphatic heterocycles. The van der Waals surface area contributed by atoms with Crippen LogP contribution >= 0.6 is 0 Å². The highest BCUT2D eigenvalue weighted by Crippen LogP contribution is 2.43. The van der Waals surface area contributed by atoms with E-state index >= 15 is 0 Å². The second kappa shape index (κ2) is 7.10. The van der Waals surface area contributed by atoms with E-state index < -0.39 is 0 Å². The molecule has 0 spiro atoms. The van der Waals surface area contributed by atoms with Crippen molar-refractivity contribution in [2.24, 2.45) is 0 Å². The van der Waals surface area contributed by atoms with Gasteiger partial charge in [0.2, 0.25) is 5.91 Å². The maximum atomic E-state index is 13.1. The van der Waals surface area contributed by atoms with E-state index in [9.17, 15) is 4.79 Å². The third-order valence-corrected chi connectivity index (χ3v) is 6.15. The van der Waals surface area contributed by atoms with Crippen LogP contribution in [0.3, 0.4) is 0 Å². The number of fused-ring (bicyclic) bond motifs is 4. The lowest BCUT2D eigenvalue weighted by Crippen LogP contribution is -2.42. The van der Waals surface area contributed by atoms with E-state index in [1.807, 2.05) is 61.1 Å². The molecule has 0 unspecified atom stereocenters. The molecular weight excluding hydrogens is 362 g/mol. The Balaban J connectivity index is 1.36. The van der Waals surface area contributed by atoms with Crippen LogP contribution < -0.4 is 0 Å². The normalized spacial score (nSPS) is 20.0. The number of carbonyl (C=O) groups excluding carboxylic acids is 1. The van der Waals surface area contributed by atoms with Crippen LogP contribution in [0.25, 0.3) is 11.4 Å². The third-order valence-electron chi connectivity index (χ3n) is 6.15. The SMILES string of the molecule is Cc1cc(C)n(CCC(=O)N2[C@H]3CC[C@@H]2c2cnc(-c4ccccc4)nc2C3)n1. The van der Waals surface area contributed by atoms with Crippen molar-refractivity contribution in [3.63, 3.8) is 0 Å². The van der Waals surface area contributed by atoms with Crippen LogP contribution in [-0.4, -0.2) is 36.6 Å². The van der Waals surface area contributed by atoms with Gasteiger partial charge in [0.15, 0.2) is 5.82 Å².